The molecule has 0 radical (unpaired) electrons. The topological polar surface area (TPSA) is 95.3 Å². The van der Waals surface area contributed by atoms with Crippen LogP contribution >= 0.6 is 11.6 Å². The molecule has 0 amide bonds. The van der Waals surface area contributed by atoms with E-state index in [2.05, 4.69) is 10.0 Å². The van der Waals surface area contributed by atoms with Crippen LogP contribution in [0.15, 0.2) is 29.4 Å². The Morgan fingerprint density at radius 2 is 2.00 bits per heavy atom. The van der Waals surface area contributed by atoms with Gasteiger partial charge in [-0.2, -0.15) is 0 Å². The third-order valence-corrected chi connectivity index (χ3v) is 3.98. The minimum Gasteiger partial charge on any atom is -0.481 e. The zero-order chi connectivity index (χ0) is 14.6. The molecule has 1 aromatic rings. The van der Waals surface area contributed by atoms with Gasteiger partial charge in [-0.25, -0.2) is 0 Å². The van der Waals surface area contributed by atoms with Crippen molar-refractivity contribution in [3.05, 3.63) is 45.3 Å². The number of aliphatic carboxylic acids is 1. The molecule has 0 bridgehead atoms. The minimum absolute atomic E-state index is 0.438. The third kappa shape index (κ3) is 2.72. The van der Waals surface area contributed by atoms with E-state index in [4.69, 9.17) is 21.9 Å². The molecule has 1 N–H and O–H groups in total. The van der Waals surface area contributed by atoms with E-state index in [1.54, 1.807) is 24.3 Å². The second-order valence-corrected chi connectivity index (χ2v) is 5.16. The zero-order valence-corrected chi connectivity index (χ0v) is 11.5. The van der Waals surface area contributed by atoms with E-state index in [0.29, 0.717) is 31.1 Å². The van der Waals surface area contributed by atoms with E-state index in [-0.39, 0.29) is 0 Å². The number of carbonyl (C=O) groups is 1. The monoisotopic (exact) mass is 295 g/mol. The second kappa shape index (κ2) is 6.13. The van der Waals surface area contributed by atoms with Gasteiger partial charge in [0.05, 0.1) is 0 Å². The predicted molar refractivity (Wildman–Crippen MR) is 73.8 cm³/mol. The molecule has 1 aliphatic heterocycles. The summed E-state index contributed by atoms with van der Waals surface area (Å²) in [5.41, 5.74) is 8.73. The number of rotatable bonds is 4. The average molecular weight is 296 g/mol. The van der Waals surface area contributed by atoms with Crippen LogP contribution in [0.3, 0.4) is 0 Å². The van der Waals surface area contributed by atoms with E-state index < -0.39 is 17.4 Å². The molecular formula is C13H14ClN3O3. The van der Waals surface area contributed by atoms with Crippen LogP contribution in [0.4, 0.5) is 0 Å². The van der Waals surface area contributed by atoms with Crippen molar-refractivity contribution in [2.24, 2.45) is 5.11 Å². The smallest absolute Gasteiger partial charge is 0.313 e. The molecule has 0 aliphatic carbocycles. The minimum atomic E-state index is -1.16. The zero-order valence-electron chi connectivity index (χ0n) is 10.7. The quantitative estimate of drug-likeness (QED) is 0.525. The van der Waals surface area contributed by atoms with Crippen molar-refractivity contribution in [1.82, 2.24) is 0 Å². The Morgan fingerprint density at radius 3 is 2.50 bits per heavy atom. The van der Waals surface area contributed by atoms with Gasteiger partial charge in [0.1, 0.15) is 6.04 Å². The normalized spacial score (nSPS) is 18.9. The number of nitrogens with zero attached hydrogens (tertiary/aromatic N) is 3. The maximum Gasteiger partial charge on any atom is 0.313 e. The molecule has 1 unspecified atom stereocenters. The van der Waals surface area contributed by atoms with Crippen molar-refractivity contribution in [2.45, 2.75) is 24.3 Å². The molecule has 0 saturated carbocycles. The van der Waals surface area contributed by atoms with Crippen molar-refractivity contribution in [2.75, 3.05) is 13.2 Å². The van der Waals surface area contributed by atoms with E-state index in [1.807, 2.05) is 0 Å². The van der Waals surface area contributed by atoms with Crippen molar-refractivity contribution in [3.63, 3.8) is 0 Å². The maximum atomic E-state index is 11.5. The van der Waals surface area contributed by atoms with Gasteiger partial charge in [-0.05, 0) is 36.1 Å². The first-order valence-corrected chi connectivity index (χ1v) is 6.59. The molecule has 7 heteroatoms. The first kappa shape index (κ1) is 14.7. The molecule has 0 spiro atoms. The second-order valence-electron chi connectivity index (χ2n) is 4.72. The van der Waals surface area contributed by atoms with Crippen LogP contribution in [0.25, 0.3) is 10.4 Å². The lowest BCUT2D eigenvalue weighted by atomic mass is 9.69. The van der Waals surface area contributed by atoms with Crippen LogP contribution in [0.1, 0.15) is 18.4 Å². The molecule has 20 heavy (non-hydrogen) atoms. The number of halogens is 1. The van der Waals surface area contributed by atoms with Crippen LogP contribution in [0.5, 0.6) is 0 Å². The first-order valence-electron chi connectivity index (χ1n) is 6.21. The fraction of sp³-hybridized carbons (Fsp3) is 0.462. The molecule has 1 heterocycles. The van der Waals surface area contributed by atoms with E-state index in [1.165, 1.54) is 0 Å². The lowest BCUT2D eigenvalue weighted by molar-refractivity contribution is -0.141. The van der Waals surface area contributed by atoms with Crippen LogP contribution < -0.4 is 0 Å². The molecule has 2 rings (SSSR count). The van der Waals surface area contributed by atoms with Gasteiger partial charge in [0, 0.05) is 28.6 Å². The highest BCUT2D eigenvalue weighted by Crippen LogP contribution is 2.40. The Kier molecular flexibility index (Phi) is 4.49. The lowest BCUT2D eigenvalue weighted by Crippen LogP contribution is -2.47. The summed E-state index contributed by atoms with van der Waals surface area (Å²) < 4.78 is 5.32. The summed E-state index contributed by atoms with van der Waals surface area (Å²) in [5.74, 6) is -1.13. The van der Waals surface area contributed by atoms with Crippen molar-refractivity contribution < 1.29 is 14.6 Å². The molecule has 1 atom stereocenters. The summed E-state index contributed by atoms with van der Waals surface area (Å²) in [4.78, 5) is 14.2. The van der Waals surface area contributed by atoms with E-state index in [0.717, 1.165) is 5.56 Å². The van der Waals surface area contributed by atoms with Gasteiger partial charge in [0.15, 0.2) is 0 Å². The highest BCUT2D eigenvalue weighted by atomic mass is 35.5. The summed E-state index contributed by atoms with van der Waals surface area (Å²) in [7, 11) is 0. The number of carboxylic acid groups (broad SMARTS) is 1. The van der Waals surface area contributed by atoms with Crippen LogP contribution in [-0.4, -0.2) is 30.3 Å². The van der Waals surface area contributed by atoms with Gasteiger partial charge in [-0.1, -0.05) is 28.8 Å². The molecule has 1 saturated heterocycles. The van der Waals surface area contributed by atoms with Gasteiger partial charge in [0.2, 0.25) is 0 Å². The first-order chi connectivity index (χ1) is 9.60. The molecule has 1 fully saturated rings. The van der Waals surface area contributed by atoms with Gasteiger partial charge in [-0.15, -0.1) is 0 Å². The number of hydrogen-bond acceptors (Lipinski definition) is 3. The Morgan fingerprint density at radius 1 is 1.40 bits per heavy atom. The largest absolute Gasteiger partial charge is 0.481 e. The Balaban J connectivity index is 2.51. The fourth-order valence-electron chi connectivity index (χ4n) is 2.69. The molecule has 106 valence electrons. The van der Waals surface area contributed by atoms with Crippen LogP contribution in [-0.2, 0) is 14.9 Å². The van der Waals surface area contributed by atoms with Crippen LogP contribution in [0, 0.1) is 0 Å². The van der Waals surface area contributed by atoms with Gasteiger partial charge >= 0.3 is 5.97 Å². The predicted octanol–water partition coefficient (Wildman–Crippen LogP) is 3.15. The average Bonchev–Trinajstić information content (AvgIpc) is 2.46. The molecular weight excluding hydrogens is 282 g/mol. The molecule has 1 aliphatic rings. The SMILES string of the molecule is [N-]=[N+]=NC(C(=O)O)C1(c2ccc(Cl)cc2)CCOCC1. The highest BCUT2D eigenvalue weighted by molar-refractivity contribution is 6.30. The molecule has 1 aromatic carbocycles. The lowest BCUT2D eigenvalue weighted by Gasteiger charge is -2.40. The number of azide groups is 1. The summed E-state index contributed by atoms with van der Waals surface area (Å²) in [5, 5.41) is 13.5. The van der Waals surface area contributed by atoms with Gasteiger partial charge in [-0.3, -0.25) is 4.79 Å². The number of hydrogen-bond donors (Lipinski definition) is 1. The van der Waals surface area contributed by atoms with Crippen LogP contribution in [0.2, 0.25) is 5.02 Å². The standard InChI is InChI=1S/C13H14ClN3O3/c14-10-3-1-9(2-4-10)13(5-7-20-8-6-13)11(12(18)19)16-17-15/h1-4,11H,5-8H2,(H,18,19). The highest BCUT2D eigenvalue weighted by Gasteiger charge is 2.45. The summed E-state index contributed by atoms with van der Waals surface area (Å²) in [6.07, 6.45) is 0.981. The fourth-order valence-corrected chi connectivity index (χ4v) is 2.81. The summed E-state index contributed by atoms with van der Waals surface area (Å²) in [6, 6.07) is 5.84. The molecule has 0 aromatic heterocycles. The van der Waals surface area contributed by atoms with Crippen molar-refractivity contribution >= 4 is 17.6 Å². The van der Waals surface area contributed by atoms with Crippen molar-refractivity contribution in [1.29, 1.82) is 0 Å². The Hall–Kier alpha value is -1.75. The number of carboxylic acids is 1. The summed E-state index contributed by atoms with van der Waals surface area (Å²) >= 11 is 5.88. The maximum absolute atomic E-state index is 11.5. The van der Waals surface area contributed by atoms with Crippen molar-refractivity contribution in [3.8, 4) is 0 Å². The number of benzene rings is 1. The van der Waals surface area contributed by atoms with Gasteiger partial charge < -0.3 is 9.84 Å². The van der Waals surface area contributed by atoms with Gasteiger partial charge in [0.25, 0.3) is 0 Å². The van der Waals surface area contributed by atoms with E-state index >= 15 is 0 Å². The molecule has 6 nitrogen and oxygen atoms in total. The summed E-state index contributed by atoms with van der Waals surface area (Å²) in [6.45, 7) is 0.876. The Labute approximate surface area is 120 Å². The van der Waals surface area contributed by atoms with E-state index in [9.17, 15) is 9.90 Å². The number of ether oxygens (including phenoxy) is 1. The Bertz CT molecular complexity index is 532. The third-order valence-electron chi connectivity index (χ3n) is 3.73.